The number of rotatable bonds is 4. The van der Waals surface area contributed by atoms with E-state index in [0.29, 0.717) is 12.5 Å². The summed E-state index contributed by atoms with van der Waals surface area (Å²) in [6.07, 6.45) is 2.57. The Morgan fingerprint density at radius 3 is 2.53 bits per heavy atom. The maximum Gasteiger partial charge on any atom is 0.240 e. The zero-order valence-electron chi connectivity index (χ0n) is 9.54. The van der Waals surface area contributed by atoms with Gasteiger partial charge in [-0.1, -0.05) is 6.92 Å². The molecule has 1 saturated heterocycles. The quantitative estimate of drug-likeness (QED) is 0.696. The van der Waals surface area contributed by atoms with E-state index >= 15 is 0 Å². The average Bonchev–Trinajstić information content (AvgIpc) is 2.30. The summed E-state index contributed by atoms with van der Waals surface area (Å²) >= 11 is 5.99. The molecule has 3 nitrogen and oxygen atoms in total. The summed E-state index contributed by atoms with van der Waals surface area (Å²) in [6, 6.07) is 0.323. The summed E-state index contributed by atoms with van der Waals surface area (Å²) in [5, 5.41) is -0.368. The van der Waals surface area contributed by atoms with Crippen molar-refractivity contribution < 1.29 is 9.53 Å². The van der Waals surface area contributed by atoms with Gasteiger partial charge in [-0.15, -0.1) is 11.6 Å². The minimum atomic E-state index is -0.368. The van der Waals surface area contributed by atoms with Crippen LogP contribution in [0, 0.1) is 0 Å². The highest BCUT2D eigenvalue weighted by molar-refractivity contribution is 6.30. The number of amides is 1. The van der Waals surface area contributed by atoms with Gasteiger partial charge < -0.3 is 9.64 Å². The lowest BCUT2D eigenvalue weighted by Gasteiger charge is -2.34. The molecule has 88 valence electrons. The number of hydrogen-bond donors (Lipinski definition) is 0. The highest BCUT2D eigenvalue weighted by Gasteiger charge is 2.27. The minimum absolute atomic E-state index is 0.0774. The zero-order valence-corrected chi connectivity index (χ0v) is 10.3. The molecule has 1 fully saturated rings. The summed E-state index contributed by atoms with van der Waals surface area (Å²) in [4.78, 5) is 13.9. The number of ether oxygens (including phenoxy) is 1. The predicted molar refractivity (Wildman–Crippen MR) is 61.2 cm³/mol. The highest BCUT2D eigenvalue weighted by atomic mass is 35.5. The standard InChI is InChI=1S/C11H20ClNO2/c1-3-10(12)11(14)13(4-2)9-5-7-15-8-6-9/h9-10H,3-8H2,1-2H3. The molecule has 0 saturated carbocycles. The maximum absolute atomic E-state index is 12.0. The van der Waals surface area contributed by atoms with E-state index in [1.165, 1.54) is 0 Å². The monoisotopic (exact) mass is 233 g/mol. The fourth-order valence-corrected chi connectivity index (χ4v) is 2.07. The second-order valence-corrected chi connectivity index (χ2v) is 4.37. The van der Waals surface area contributed by atoms with Gasteiger partial charge in [-0.3, -0.25) is 4.79 Å². The Labute approximate surface area is 96.7 Å². The van der Waals surface area contributed by atoms with E-state index in [4.69, 9.17) is 16.3 Å². The molecule has 0 radical (unpaired) electrons. The van der Waals surface area contributed by atoms with Crippen molar-refractivity contribution >= 4 is 17.5 Å². The van der Waals surface area contributed by atoms with Crippen molar-refractivity contribution in [1.82, 2.24) is 4.90 Å². The number of hydrogen-bond acceptors (Lipinski definition) is 2. The van der Waals surface area contributed by atoms with Gasteiger partial charge in [0.25, 0.3) is 0 Å². The van der Waals surface area contributed by atoms with Gasteiger partial charge >= 0.3 is 0 Å². The van der Waals surface area contributed by atoms with Gasteiger partial charge in [-0.05, 0) is 26.2 Å². The van der Waals surface area contributed by atoms with Crippen LogP contribution >= 0.6 is 11.6 Å². The van der Waals surface area contributed by atoms with Crippen molar-refractivity contribution in [2.45, 2.75) is 44.5 Å². The molecular formula is C11H20ClNO2. The van der Waals surface area contributed by atoms with Crippen LogP contribution in [0.4, 0.5) is 0 Å². The van der Waals surface area contributed by atoms with Crippen LogP contribution in [0.2, 0.25) is 0 Å². The first-order chi connectivity index (χ1) is 7.20. The van der Waals surface area contributed by atoms with Crippen molar-refractivity contribution in [3.8, 4) is 0 Å². The van der Waals surface area contributed by atoms with Crippen molar-refractivity contribution in [2.75, 3.05) is 19.8 Å². The Bertz CT molecular complexity index is 205. The molecule has 1 unspecified atom stereocenters. The van der Waals surface area contributed by atoms with E-state index < -0.39 is 0 Å². The number of carbonyl (C=O) groups excluding carboxylic acids is 1. The van der Waals surface area contributed by atoms with Crippen LogP contribution in [-0.2, 0) is 9.53 Å². The number of nitrogens with zero attached hydrogens (tertiary/aromatic N) is 1. The highest BCUT2D eigenvalue weighted by Crippen LogP contribution is 2.17. The van der Waals surface area contributed by atoms with Gasteiger partial charge in [0.1, 0.15) is 5.38 Å². The molecule has 1 aliphatic rings. The molecule has 0 aliphatic carbocycles. The van der Waals surface area contributed by atoms with Crippen LogP contribution in [0.5, 0.6) is 0 Å². The molecule has 0 bridgehead atoms. The lowest BCUT2D eigenvalue weighted by atomic mass is 10.1. The topological polar surface area (TPSA) is 29.5 Å². The number of carbonyl (C=O) groups is 1. The largest absolute Gasteiger partial charge is 0.381 e. The van der Waals surface area contributed by atoms with Crippen molar-refractivity contribution in [3.05, 3.63) is 0 Å². The molecular weight excluding hydrogens is 214 g/mol. The van der Waals surface area contributed by atoms with Gasteiger partial charge in [0.2, 0.25) is 5.91 Å². The van der Waals surface area contributed by atoms with Crippen LogP contribution in [0.1, 0.15) is 33.1 Å². The molecule has 1 atom stereocenters. The summed E-state index contributed by atoms with van der Waals surface area (Å²) in [5.41, 5.74) is 0. The molecule has 4 heteroatoms. The predicted octanol–water partition coefficient (Wildman–Crippen LogP) is 2.03. The Balaban J connectivity index is 2.56. The lowest BCUT2D eigenvalue weighted by molar-refractivity contribution is -0.134. The first-order valence-corrected chi connectivity index (χ1v) is 6.16. The Kier molecular flexibility index (Phi) is 5.40. The molecule has 0 aromatic carbocycles. The fourth-order valence-electron chi connectivity index (χ4n) is 1.95. The molecule has 0 aromatic heterocycles. The molecule has 15 heavy (non-hydrogen) atoms. The van der Waals surface area contributed by atoms with Gasteiger partial charge in [0.05, 0.1) is 0 Å². The van der Waals surface area contributed by atoms with Crippen LogP contribution in [0.15, 0.2) is 0 Å². The van der Waals surface area contributed by atoms with Gasteiger partial charge in [-0.2, -0.15) is 0 Å². The smallest absolute Gasteiger partial charge is 0.240 e. The van der Waals surface area contributed by atoms with E-state index in [2.05, 4.69) is 0 Å². The first-order valence-electron chi connectivity index (χ1n) is 5.73. The third-order valence-electron chi connectivity index (χ3n) is 2.88. The molecule has 1 amide bonds. The third kappa shape index (κ3) is 3.35. The average molecular weight is 234 g/mol. The van der Waals surface area contributed by atoms with Crippen LogP contribution in [-0.4, -0.2) is 42.0 Å². The molecule has 1 aliphatic heterocycles. The summed E-state index contributed by atoms with van der Waals surface area (Å²) in [7, 11) is 0. The Morgan fingerprint density at radius 2 is 2.07 bits per heavy atom. The molecule has 1 rings (SSSR count). The van der Waals surface area contributed by atoms with E-state index in [1.807, 2.05) is 18.7 Å². The first kappa shape index (κ1) is 12.8. The zero-order chi connectivity index (χ0) is 11.3. The van der Waals surface area contributed by atoms with Crippen LogP contribution in [0.3, 0.4) is 0 Å². The summed E-state index contributed by atoms with van der Waals surface area (Å²) in [6.45, 7) is 6.20. The summed E-state index contributed by atoms with van der Waals surface area (Å²) in [5.74, 6) is 0.0774. The second kappa shape index (κ2) is 6.33. The van der Waals surface area contributed by atoms with Crippen molar-refractivity contribution in [3.63, 3.8) is 0 Å². The Morgan fingerprint density at radius 1 is 1.47 bits per heavy atom. The van der Waals surface area contributed by atoms with E-state index in [9.17, 15) is 4.79 Å². The maximum atomic E-state index is 12.0. The van der Waals surface area contributed by atoms with Crippen LogP contribution in [0.25, 0.3) is 0 Å². The minimum Gasteiger partial charge on any atom is -0.381 e. The molecule has 1 heterocycles. The van der Waals surface area contributed by atoms with Gasteiger partial charge in [-0.25, -0.2) is 0 Å². The summed E-state index contributed by atoms with van der Waals surface area (Å²) < 4.78 is 5.29. The van der Waals surface area contributed by atoms with Gasteiger partial charge in [0.15, 0.2) is 0 Å². The number of halogens is 1. The molecule has 0 aromatic rings. The normalized spacial score (nSPS) is 19.9. The van der Waals surface area contributed by atoms with Crippen molar-refractivity contribution in [2.24, 2.45) is 0 Å². The van der Waals surface area contributed by atoms with Gasteiger partial charge in [0, 0.05) is 25.8 Å². The fraction of sp³-hybridized carbons (Fsp3) is 0.909. The van der Waals surface area contributed by atoms with E-state index in [1.54, 1.807) is 0 Å². The SMILES string of the molecule is CCC(Cl)C(=O)N(CC)C1CCOCC1. The third-order valence-corrected chi connectivity index (χ3v) is 3.38. The van der Waals surface area contributed by atoms with Crippen LogP contribution < -0.4 is 0 Å². The number of alkyl halides is 1. The molecule has 0 spiro atoms. The molecule has 0 N–H and O–H groups in total. The Hall–Kier alpha value is -0.280. The van der Waals surface area contributed by atoms with E-state index in [0.717, 1.165) is 32.6 Å². The van der Waals surface area contributed by atoms with E-state index in [-0.39, 0.29) is 11.3 Å². The van der Waals surface area contributed by atoms with Crippen molar-refractivity contribution in [1.29, 1.82) is 0 Å². The lowest BCUT2D eigenvalue weighted by Crippen LogP contribution is -2.46. The second-order valence-electron chi connectivity index (χ2n) is 3.84.